The SMILES string of the molecule is O=C(Cc1cccc2ccccc12)N1CCN(C(=O)c2ccoc2)CC1. The number of amides is 2. The van der Waals surface area contributed by atoms with Crippen LogP contribution in [0.3, 0.4) is 0 Å². The average molecular weight is 348 g/mol. The minimum atomic E-state index is -0.0418. The first-order valence-corrected chi connectivity index (χ1v) is 8.78. The standard InChI is InChI=1S/C21H20N2O3/c24-20(14-17-6-3-5-16-4-1-2-7-19(16)17)22-9-11-23(12-10-22)21(25)18-8-13-26-15-18/h1-8,13,15H,9-12,14H2. The number of carbonyl (C=O) groups is 2. The minimum absolute atomic E-state index is 0.0418. The zero-order chi connectivity index (χ0) is 17.9. The van der Waals surface area contributed by atoms with Crippen molar-refractivity contribution < 1.29 is 14.0 Å². The monoisotopic (exact) mass is 348 g/mol. The smallest absolute Gasteiger partial charge is 0.257 e. The van der Waals surface area contributed by atoms with Crippen LogP contribution >= 0.6 is 0 Å². The van der Waals surface area contributed by atoms with Gasteiger partial charge in [-0.2, -0.15) is 0 Å². The van der Waals surface area contributed by atoms with Crippen molar-refractivity contribution in [1.29, 1.82) is 0 Å². The van der Waals surface area contributed by atoms with Gasteiger partial charge in [-0.05, 0) is 22.4 Å². The lowest BCUT2D eigenvalue weighted by Gasteiger charge is -2.34. The first-order chi connectivity index (χ1) is 12.7. The number of rotatable bonds is 3. The molecule has 0 atom stereocenters. The summed E-state index contributed by atoms with van der Waals surface area (Å²) in [5.41, 5.74) is 1.60. The molecule has 0 aliphatic carbocycles. The van der Waals surface area contributed by atoms with Crippen LogP contribution in [0, 0.1) is 0 Å². The minimum Gasteiger partial charge on any atom is -0.472 e. The predicted molar refractivity (Wildman–Crippen MR) is 98.8 cm³/mol. The number of benzene rings is 2. The Hall–Kier alpha value is -3.08. The van der Waals surface area contributed by atoms with Crippen LogP contribution in [-0.4, -0.2) is 47.8 Å². The molecule has 5 heteroatoms. The maximum atomic E-state index is 12.7. The third-order valence-electron chi connectivity index (χ3n) is 4.91. The summed E-state index contributed by atoms with van der Waals surface area (Å²) < 4.78 is 4.98. The van der Waals surface area contributed by atoms with Crippen LogP contribution in [0.5, 0.6) is 0 Å². The maximum absolute atomic E-state index is 12.7. The van der Waals surface area contributed by atoms with Gasteiger partial charge in [0.15, 0.2) is 0 Å². The lowest BCUT2D eigenvalue weighted by atomic mass is 10.0. The topological polar surface area (TPSA) is 53.8 Å². The van der Waals surface area contributed by atoms with Crippen molar-refractivity contribution in [2.24, 2.45) is 0 Å². The Morgan fingerprint density at radius 2 is 1.62 bits per heavy atom. The Morgan fingerprint density at radius 1 is 0.885 bits per heavy atom. The Labute approximate surface area is 151 Å². The molecular weight excluding hydrogens is 328 g/mol. The van der Waals surface area contributed by atoms with Crippen molar-refractivity contribution in [3.8, 4) is 0 Å². The second kappa shape index (κ2) is 7.04. The van der Waals surface area contributed by atoms with E-state index in [9.17, 15) is 9.59 Å². The van der Waals surface area contributed by atoms with E-state index in [-0.39, 0.29) is 11.8 Å². The molecule has 4 rings (SSSR count). The number of piperazine rings is 1. The highest BCUT2D eigenvalue weighted by Gasteiger charge is 2.25. The fourth-order valence-electron chi connectivity index (χ4n) is 3.45. The summed E-state index contributed by atoms with van der Waals surface area (Å²) in [5.74, 6) is 0.0664. The van der Waals surface area contributed by atoms with Crippen molar-refractivity contribution >= 4 is 22.6 Å². The van der Waals surface area contributed by atoms with E-state index >= 15 is 0 Å². The summed E-state index contributed by atoms with van der Waals surface area (Å²) in [6.45, 7) is 2.22. The fraction of sp³-hybridized carbons (Fsp3) is 0.238. The van der Waals surface area contributed by atoms with Gasteiger partial charge in [0.05, 0.1) is 18.2 Å². The van der Waals surface area contributed by atoms with Crippen LogP contribution < -0.4 is 0 Å². The normalized spacial score (nSPS) is 14.6. The molecule has 0 unspecified atom stereocenters. The highest BCUT2D eigenvalue weighted by Crippen LogP contribution is 2.20. The van der Waals surface area contributed by atoms with Crippen LogP contribution in [0.25, 0.3) is 10.8 Å². The number of carbonyl (C=O) groups excluding carboxylic acids is 2. The van der Waals surface area contributed by atoms with E-state index in [4.69, 9.17) is 4.42 Å². The first kappa shape index (κ1) is 16.4. The molecule has 2 aromatic carbocycles. The van der Waals surface area contributed by atoms with Crippen molar-refractivity contribution in [2.75, 3.05) is 26.2 Å². The molecule has 1 fully saturated rings. The van der Waals surface area contributed by atoms with E-state index in [1.54, 1.807) is 11.0 Å². The summed E-state index contributed by atoms with van der Waals surface area (Å²) in [5, 5.41) is 2.27. The molecule has 0 saturated carbocycles. The van der Waals surface area contributed by atoms with Gasteiger partial charge in [0.2, 0.25) is 5.91 Å². The molecule has 3 aromatic rings. The van der Waals surface area contributed by atoms with E-state index in [1.165, 1.54) is 12.5 Å². The van der Waals surface area contributed by atoms with Crippen molar-refractivity contribution in [3.63, 3.8) is 0 Å². The third kappa shape index (κ3) is 3.20. The summed E-state index contributed by atoms with van der Waals surface area (Å²) in [6, 6.07) is 15.8. The second-order valence-electron chi connectivity index (χ2n) is 6.50. The predicted octanol–water partition coefficient (Wildman–Crippen LogP) is 2.96. The highest BCUT2D eigenvalue weighted by molar-refractivity contribution is 5.94. The van der Waals surface area contributed by atoms with Crippen molar-refractivity contribution in [2.45, 2.75) is 6.42 Å². The number of furan rings is 1. The van der Waals surface area contributed by atoms with Gasteiger partial charge in [-0.3, -0.25) is 9.59 Å². The Morgan fingerprint density at radius 3 is 2.38 bits per heavy atom. The summed E-state index contributed by atoms with van der Waals surface area (Å²) in [6.07, 6.45) is 3.34. The largest absolute Gasteiger partial charge is 0.472 e. The molecule has 2 amide bonds. The number of fused-ring (bicyclic) bond motifs is 1. The van der Waals surface area contributed by atoms with Crippen LogP contribution in [0.4, 0.5) is 0 Å². The van der Waals surface area contributed by atoms with E-state index in [0.717, 1.165) is 16.3 Å². The number of hydrogen-bond donors (Lipinski definition) is 0. The molecule has 0 radical (unpaired) electrons. The zero-order valence-corrected chi connectivity index (χ0v) is 14.4. The van der Waals surface area contributed by atoms with Crippen LogP contribution in [0.2, 0.25) is 0 Å². The molecule has 1 aliphatic heterocycles. The van der Waals surface area contributed by atoms with Crippen LogP contribution in [-0.2, 0) is 11.2 Å². The Kier molecular flexibility index (Phi) is 4.44. The zero-order valence-electron chi connectivity index (χ0n) is 14.4. The van der Waals surface area contributed by atoms with Gasteiger partial charge in [0.1, 0.15) is 6.26 Å². The summed E-state index contributed by atoms with van der Waals surface area (Å²) in [4.78, 5) is 28.7. The van der Waals surface area contributed by atoms with Gasteiger partial charge in [0, 0.05) is 26.2 Å². The Bertz CT molecular complexity index is 920. The van der Waals surface area contributed by atoms with E-state index in [0.29, 0.717) is 38.2 Å². The molecule has 0 bridgehead atoms. The van der Waals surface area contributed by atoms with Gasteiger partial charge in [-0.15, -0.1) is 0 Å². The average Bonchev–Trinajstić information content (AvgIpc) is 3.23. The molecule has 1 saturated heterocycles. The van der Waals surface area contributed by atoms with Crippen molar-refractivity contribution in [1.82, 2.24) is 9.80 Å². The maximum Gasteiger partial charge on any atom is 0.257 e. The van der Waals surface area contributed by atoms with Gasteiger partial charge in [-0.1, -0.05) is 42.5 Å². The van der Waals surface area contributed by atoms with Gasteiger partial charge in [-0.25, -0.2) is 0 Å². The molecule has 5 nitrogen and oxygen atoms in total. The van der Waals surface area contributed by atoms with Gasteiger partial charge in [0.25, 0.3) is 5.91 Å². The lowest BCUT2D eigenvalue weighted by Crippen LogP contribution is -2.50. The number of hydrogen-bond acceptors (Lipinski definition) is 3. The van der Waals surface area contributed by atoms with Gasteiger partial charge < -0.3 is 14.2 Å². The molecule has 0 N–H and O–H groups in total. The Balaban J connectivity index is 1.40. The summed E-state index contributed by atoms with van der Waals surface area (Å²) in [7, 11) is 0. The molecule has 26 heavy (non-hydrogen) atoms. The van der Waals surface area contributed by atoms with E-state index in [1.807, 2.05) is 29.2 Å². The molecule has 1 aromatic heterocycles. The van der Waals surface area contributed by atoms with E-state index < -0.39 is 0 Å². The van der Waals surface area contributed by atoms with Crippen LogP contribution in [0.15, 0.2) is 65.5 Å². The quantitative estimate of drug-likeness (QED) is 0.731. The van der Waals surface area contributed by atoms with E-state index in [2.05, 4.69) is 18.2 Å². The molecule has 2 heterocycles. The fourth-order valence-corrected chi connectivity index (χ4v) is 3.45. The molecule has 0 spiro atoms. The third-order valence-corrected chi connectivity index (χ3v) is 4.91. The second-order valence-corrected chi connectivity index (χ2v) is 6.50. The highest BCUT2D eigenvalue weighted by atomic mass is 16.3. The number of nitrogens with zero attached hydrogens (tertiary/aromatic N) is 2. The molecule has 132 valence electrons. The summed E-state index contributed by atoms with van der Waals surface area (Å²) >= 11 is 0. The lowest BCUT2D eigenvalue weighted by molar-refractivity contribution is -0.131. The first-order valence-electron chi connectivity index (χ1n) is 8.78. The molecular formula is C21H20N2O3. The van der Waals surface area contributed by atoms with Crippen LogP contribution in [0.1, 0.15) is 15.9 Å². The molecule has 1 aliphatic rings. The van der Waals surface area contributed by atoms with Crippen molar-refractivity contribution in [3.05, 3.63) is 72.2 Å². The van der Waals surface area contributed by atoms with Gasteiger partial charge >= 0.3 is 0 Å².